The lowest BCUT2D eigenvalue weighted by molar-refractivity contribution is -0.141. The molecule has 0 unspecified atom stereocenters. The quantitative estimate of drug-likeness (QED) is 0.671. The maximum Gasteiger partial charge on any atom is 0.435 e. The van der Waals surface area contributed by atoms with Crippen LogP contribution in [0.15, 0.2) is 59.6 Å². The zero-order valence-electron chi connectivity index (χ0n) is 13.2. The smallest absolute Gasteiger partial charge is 0.280 e. The molecule has 1 N–H and O–H groups in total. The number of alkyl halides is 3. The number of nitrogens with zero attached hydrogens (tertiary/aromatic N) is 2. The summed E-state index contributed by atoms with van der Waals surface area (Å²) in [4.78, 5) is -0.479. The molecule has 0 radical (unpaired) electrons. The van der Waals surface area contributed by atoms with Crippen molar-refractivity contribution in [2.75, 3.05) is 4.72 Å². The molecule has 1 aromatic heterocycles. The fourth-order valence-electron chi connectivity index (χ4n) is 2.16. The molecule has 0 saturated carbocycles. The van der Waals surface area contributed by atoms with Gasteiger partial charge >= 0.3 is 6.18 Å². The molecule has 0 fully saturated rings. The Balaban J connectivity index is 1.81. The third-order valence-corrected chi connectivity index (χ3v) is 4.84. The summed E-state index contributed by atoms with van der Waals surface area (Å²) in [5.74, 6) is -2.50. The molecule has 27 heavy (non-hydrogen) atoms. The van der Waals surface area contributed by atoms with Crippen molar-refractivity contribution in [1.82, 2.24) is 9.78 Å². The minimum absolute atomic E-state index is 0.0756. The van der Waals surface area contributed by atoms with Crippen molar-refractivity contribution < 1.29 is 30.4 Å². The molecule has 1 heterocycles. The van der Waals surface area contributed by atoms with E-state index in [0.717, 1.165) is 23.0 Å². The molecule has 5 nitrogen and oxygen atoms in total. The van der Waals surface area contributed by atoms with E-state index in [1.807, 2.05) is 0 Å². The van der Waals surface area contributed by atoms with Gasteiger partial charge in [0.05, 0.1) is 10.6 Å². The van der Waals surface area contributed by atoms with E-state index in [-0.39, 0.29) is 11.4 Å². The number of benzene rings is 2. The highest BCUT2D eigenvalue weighted by Crippen LogP contribution is 2.28. The van der Waals surface area contributed by atoms with E-state index in [1.54, 1.807) is 0 Å². The molecular weight excluding hydrogens is 393 g/mol. The number of aromatic nitrogens is 2. The summed E-state index contributed by atoms with van der Waals surface area (Å²) in [6.07, 6.45) is -3.46. The Morgan fingerprint density at radius 3 is 2.15 bits per heavy atom. The highest BCUT2D eigenvalue weighted by molar-refractivity contribution is 7.92. The summed E-state index contributed by atoms with van der Waals surface area (Å²) >= 11 is 0. The van der Waals surface area contributed by atoms with Crippen LogP contribution < -0.4 is 4.72 Å². The number of anilines is 1. The maximum atomic E-state index is 13.2. The first-order valence-electron chi connectivity index (χ1n) is 7.27. The highest BCUT2D eigenvalue weighted by atomic mass is 32.2. The van der Waals surface area contributed by atoms with Gasteiger partial charge in [0.15, 0.2) is 17.3 Å². The van der Waals surface area contributed by atoms with Gasteiger partial charge in [-0.1, -0.05) is 0 Å². The van der Waals surface area contributed by atoms with E-state index in [0.29, 0.717) is 12.1 Å². The summed E-state index contributed by atoms with van der Waals surface area (Å²) in [7, 11) is -4.17. The van der Waals surface area contributed by atoms with Crippen LogP contribution in [0.1, 0.15) is 5.69 Å². The third kappa shape index (κ3) is 4.08. The topological polar surface area (TPSA) is 64.0 Å². The van der Waals surface area contributed by atoms with Crippen LogP contribution in [0.2, 0.25) is 0 Å². The minimum atomic E-state index is -4.58. The lowest BCUT2D eigenvalue weighted by atomic mass is 10.3. The fourth-order valence-corrected chi connectivity index (χ4v) is 3.23. The van der Waals surface area contributed by atoms with Crippen LogP contribution in [0, 0.1) is 11.6 Å². The molecule has 0 spiro atoms. The number of sulfonamides is 1. The van der Waals surface area contributed by atoms with Gasteiger partial charge in [0.1, 0.15) is 0 Å². The van der Waals surface area contributed by atoms with E-state index in [4.69, 9.17) is 0 Å². The summed E-state index contributed by atoms with van der Waals surface area (Å²) in [6, 6.07) is 8.20. The highest BCUT2D eigenvalue weighted by Gasteiger charge is 2.33. The predicted octanol–water partition coefficient (Wildman–Crippen LogP) is 3.97. The lowest BCUT2D eigenvalue weighted by Gasteiger charge is -2.09. The van der Waals surface area contributed by atoms with Gasteiger partial charge in [-0.25, -0.2) is 21.9 Å². The van der Waals surface area contributed by atoms with Crippen LogP contribution in [0.4, 0.5) is 27.6 Å². The van der Waals surface area contributed by atoms with E-state index in [1.165, 1.54) is 24.3 Å². The Bertz CT molecular complexity index is 1080. The van der Waals surface area contributed by atoms with Crippen LogP contribution in [0.3, 0.4) is 0 Å². The fraction of sp³-hybridized carbons (Fsp3) is 0.0625. The predicted molar refractivity (Wildman–Crippen MR) is 85.7 cm³/mol. The van der Waals surface area contributed by atoms with Crippen molar-refractivity contribution in [3.63, 3.8) is 0 Å². The molecule has 0 bridgehead atoms. The molecule has 0 amide bonds. The second kappa shape index (κ2) is 6.65. The number of hydrogen-bond donors (Lipinski definition) is 1. The normalized spacial score (nSPS) is 12.2. The second-order valence-electron chi connectivity index (χ2n) is 5.37. The first-order valence-corrected chi connectivity index (χ1v) is 8.76. The van der Waals surface area contributed by atoms with Gasteiger partial charge < -0.3 is 0 Å². The molecule has 0 saturated heterocycles. The lowest BCUT2D eigenvalue weighted by Crippen LogP contribution is -2.13. The van der Waals surface area contributed by atoms with Crippen LogP contribution in [0.5, 0.6) is 0 Å². The van der Waals surface area contributed by atoms with Gasteiger partial charge in [0.2, 0.25) is 0 Å². The molecule has 3 aromatic rings. The molecule has 3 rings (SSSR count). The Hall–Kier alpha value is -2.95. The molecule has 2 aromatic carbocycles. The van der Waals surface area contributed by atoms with Crippen molar-refractivity contribution in [3.05, 3.63) is 72.1 Å². The zero-order chi connectivity index (χ0) is 19.8. The molecule has 0 atom stereocenters. The molecule has 0 aliphatic carbocycles. The van der Waals surface area contributed by atoms with Crippen LogP contribution >= 0.6 is 0 Å². The standard InChI is InChI=1S/C16H10F5N3O2S/c17-13-6-5-12(9-14(13)18)27(25,26)23-10-1-3-11(4-2-10)24-8-7-15(22-24)16(19,20)21/h1-9,23H. The molecule has 0 aliphatic rings. The molecular formula is C16H10F5N3O2S. The zero-order valence-corrected chi connectivity index (χ0v) is 14.0. The van der Waals surface area contributed by atoms with E-state index in [9.17, 15) is 30.4 Å². The Kier molecular flexibility index (Phi) is 4.64. The van der Waals surface area contributed by atoms with Crippen molar-refractivity contribution in [2.24, 2.45) is 0 Å². The summed E-state index contributed by atoms with van der Waals surface area (Å²) in [6.45, 7) is 0. The molecule has 142 valence electrons. The van der Waals surface area contributed by atoms with Crippen molar-refractivity contribution >= 4 is 15.7 Å². The average molecular weight is 403 g/mol. The Morgan fingerprint density at radius 1 is 0.926 bits per heavy atom. The van der Waals surface area contributed by atoms with Crippen molar-refractivity contribution in [2.45, 2.75) is 11.1 Å². The Labute approximate surface area is 150 Å². The monoisotopic (exact) mass is 403 g/mol. The molecule has 11 heteroatoms. The van der Waals surface area contributed by atoms with E-state index < -0.39 is 38.4 Å². The summed E-state index contributed by atoms with van der Waals surface area (Å²) in [5, 5.41) is 3.40. The minimum Gasteiger partial charge on any atom is -0.280 e. The number of hydrogen-bond acceptors (Lipinski definition) is 3. The van der Waals surface area contributed by atoms with Crippen molar-refractivity contribution in [3.8, 4) is 5.69 Å². The van der Waals surface area contributed by atoms with Gasteiger partial charge in [-0.3, -0.25) is 4.72 Å². The van der Waals surface area contributed by atoms with Crippen LogP contribution in [0.25, 0.3) is 5.69 Å². The second-order valence-corrected chi connectivity index (χ2v) is 7.05. The van der Waals surface area contributed by atoms with Crippen LogP contribution in [-0.4, -0.2) is 18.2 Å². The SMILES string of the molecule is O=S(=O)(Nc1ccc(-n2ccc(C(F)(F)F)n2)cc1)c1ccc(F)c(F)c1. The average Bonchev–Trinajstić information content (AvgIpc) is 3.08. The molecule has 0 aliphatic heterocycles. The number of halogens is 5. The summed E-state index contributed by atoms with van der Waals surface area (Å²) < 4.78 is 91.4. The van der Waals surface area contributed by atoms with Gasteiger partial charge in [-0.15, -0.1) is 0 Å². The van der Waals surface area contributed by atoms with E-state index in [2.05, 4.69) is 9.82 Å². The number of nitrogens with one attached hydrogen (secondary N) is 1. The maximum absolute atomic E-state index is 13.2. The first kappa shape index (κ1) is 18.8. The number of rotatable bonds is 4. The van der Waals surface area contributed by atoms with Gasteiger partial charge in [0.25, 0.3) is 10.0 Å². The largest absolute Gasteiger partial charge is 0.435 e. The third-order valence-electron chi connectivity index (χ3n) is 3.46. The first-order chi connectivity index (χ1) is 12.6. The van der Waals surface area contributed by atoms with Gasteiger partial charge in [-0.05, 0) is 48.5 Å². The Morgan fingerprint density at radius 2 is 1.59 bits per heavy atom. The van der Waals surface area contributed by atoms with E-state index >= 15 is 0 Å². The van der Waals surface area contributed by atoms with Gasteiger partial charge in [0, 0.05) is 11.9 Å². The van der Waals surface area contributed by atoms with Crippen molar-refractivity contribution in [1.29, 1.82) is 0 Å². The summed E-state index contributed by atoms with van der Waals surface area (Å²) in [5.41, 5.74) is -0.724. The van der Waals surface area contributed by atoms with Crippen LogP contribution in [-0.2, 0) is 16.2 Å². The van der Waals surface area contributed by atoms with Gasteiger partial charge in [-0.2, -0.15) is 18.3 Å².